The highest BCUT2D eigenvalue weighted by Gasteiger charge is 2.30. The molecule has 96 heavy (non-hydrogen) atoms. The van der Waals surface area contributed by atoms with Crippen molar-refractivity contribution in [3.05, 3.63) is 24.3 Å². The van der Waals surface area contributed by atoms with Gasteiger partial charge < -0.3 is 33.8 Å². The predicted octanol–water partition coefficient (Wildman–Crippen LogP) is 22.1. The summed E-state index contributed by atoms with van der Waals surface area (Å²) in [7, 11) is -9.92. The first-order chi connectivity index (χ1) is 46.2. The highest BCUT2D eigenvalue weighted by Crippen LogP contribution is 2.45. The fourth-order valence-electron chi connectivity index (χ4n) is 11.2. The van der Waals surface area contributed by atoms with Gasteiger partial charge in [0.15, 0.2) is 12.2 Å². The van der Waals surface area contributed by atoms with E-state index in [0.29, 0.717) is 31.6 Å². The summed E-state index contributed by atoms with van der Waals surface area (Å²) in [6.07, 6.45) is 56.4. The minimum Gasteiger partial charge on any atom is -0.462 e. The van der Waals surface area contributed by atoms with Gasteiger partial charge in [-0.05, 0) is 69.1 Å². The van der Waals surface area contributed by atoms with Gasteiger partial charge in [0, 0.05) is 25.7 Å². The lowest BCUT2D eigenvalue weighted by atomic mass is 10.0. The molecule has 566 valence electrons. The SMILES string of the molecule is CCCCCC/C=C\C=C/CCCCCCCC(=O)OC[C@H](COP(=O)(O)OCC(O)COP(=O)(O)OC[C@@H](COC(=O)CCCCCCCCCCC(C)C)OC(=O)CCCCCCCCCCC(C)C)OC(=O)CCCCCCCCCCCCCCCCCCC(C)C. The van der Waals surface area contributed by atoms with Gasteiger partial charge in [-0.2, -0.15) is 0 Å². The zero-order valence-corrected chi connectivity index (χ0v) is 64.1. The molecule has 0 aromatic rings. The van der Waals surface area contributed by atoms with Gasteiger partial charge in [0.25, 0.3) is 0 Å². The second kappa shape index (κ2) is 67.1. The quantitative estimate of drug-likeness (QED) is 0.0169. The number of aliphatic hydroxyl groups is 1. The molecule has 17 nitrogen and oxygen atoms in total. The van der Waals surface area contributed by atoms with E-state index in [1.165, 1.54) is 161 Å². The number of esters is 4. The van der Waals surface area contributed by atoms with Crippen molar-refractivity contribution in [2.75, 3.05) is 39.6 Å². The summed E-state index contributed by atoms with van der Waals surface area (Å²) >= 11 is 0. The zero-order valence-electron chi connectivity index (χ0n) is 62.3. The Morgan fingerprint density at radius 3 is 0.844 bits per heavy atom. The number of rotatable bonds is 73. The van der Waals surface area contributed by atoms with Crippen LogP contribution in [0.3, 0.4) is 0 Å². The number of hydrogen-bond acceptors (Lipinski definition) is 15. The third kappa shape index (κ3) is 70.0. The fraction of sp³-hybridized carbons (Fsp3) is 0.896. The van der Waals surface area contributed by atoms with Crippen LogP contribution in [0.5, 0.6) is 0 Å². The number of unbranched alkanes of at least 4 members (excludes halogenated alkanes) is 38. The van der Waals surface area contributed by atoms with Crippen molar-refractivity contribution in [2.45, 2.75) is 388 Å². The van der Waals surface area contributed by atoms with Crippen molar-refractivity contribution in [2.24, 2.45) is 17.8 Å². The minimum absolute atomic E-state index is 0.101. The van der Waals surface area contributed by atoms with Crippen LogP contribution in [-0.4, -0.2) is 96.7 Å². The summed E-state index contributed by atoms with van der Waals surface area (Å²) in [5.41, 5.74) is 0. The lowest BCUT2D eigenvalue weighted by molar-refractivity contribution is -0.161. The first-order valence-corrected chi connectivity index (χ1v) is 42.2. The van der Waals surface area contributed by atoms with E-state index >= 15 is 0 Å². The van der Waals surface area contributed by atoms with E-state index in [1.807, 2.05) is 0 Å². The molecule has 0 aliphatic rings. The summed E-state index contributed by atoms with van der Waals surface area (Å²) in [5, 5.41) is 10.6. The van der Waals surface area contributed by atoms with Gasteiger partial charge in [0.05, 0.1) is 26.4 Å². The average Bonchev–Trinajstić information content (AvgIpc) is 1.90. The number of phosphoric acid groups is 2. The van der Waals surface area contributed by atoms with Gasteiger partial charge in [0.2, 0.25) is 0 Å². The molecule has 3 N–H and O–H groups in total. The smallest absolute Gasteiger partial charge is 0.462 e. The van der Waals surface area contributed by atoms with Crippen molar-refractivity contribution >= 4 is 39.5 Å². The van der Waals surface area contributed by atoms with Crippen LogP contribution in [0, 0.1) is 17.8 Å². The van der Waals surface area contributed by atoms with Crippen molar-refractivity contribution in [1.29, 1.82) is 0 Å². The molecule has 3 unspecified atom stereocenters. The van der Waals surface area contributed by atoms with Crippen molar-refractivity contribution in [1.82, 2.24) is 0 Å². The predicted molar refractivity (Wildman–Crippen MR) is 390 cm³/mol. The van der Waals surface area contributed by atoms with Gasteiger partial charge in [-0.3, -0.25) is 37.3 Å². The zero-order chi connectivity index (χ0) is 70.9. The van der Waals surface area contributed by atoms with Crippen LogP contribution >= 0.6 is 15.6 Å². The van der Waals surface area contributed by atoms with Crippen LogP contribution in [0.15, 0.2) is 24.3 Å². The normalized spacial score (nSPS) is 14.2. The lowest BCUT2D eigenvalue weighted by Gasteiger charge is -2.21. The highest BCUT2D eigenvalue weighted by molar-refractivity contribution is 7.47. The van der Waals surface area contributed by atoms with Crippen LogP contribution in [0.25, 0.3) is 0 Å². The monoisotopic (exact) mass is 1410 g/mol. The van der Waals surface area contributed by atoms with E-state index in [0.717, 1.165) is 121 Å². The number of phosphoric ester groups is 2. The third-order valence-corrected chi connectivity index (χ3v) is 19.2. The van der Waals surface area contributed by atoms with Gasteiger partial charge >= 0.3 is 39.5 Å². The Morgan fingerprint density at radius 2 is 0.562 bits per heavy atom. The van der Waals surface area contributed by atoms with Crippen molar-refractivity contribution in [3.8, 4) is 0 Å². The molecule has 0 aliphatic carbocycles. The number of carbonyl (C=O) groups excluding carboxylic acids is 4. The molecule has 19 heteroatoms. The number of carbonyl (C=O) groups is 4. The average molecular weight is 1410 g/mol. The molecular formula is C77H146O17P2. The Morgan fingerprint density at radius 1 is 0.323 bits per heavy atom. The second-order valence-corrected chi connectivity index (χ2v) is 31.4. The van der Waals surface area contributed by atoms with Gasteiger partial charge in [-0.15, -0.1) is 0 Å². The van der Waals surface area contributed by atoms with E-state index < -0.39 is 97.5 Å². The first kappa shape index (κ1) is 93.5. The van der Waals surface area contributed by atoms with Crippen LogP contribution in [0.1, 0.15) is 370 Å². The van der Waals surface area contributed by atoms with Crippen molar-refractivity contribution < 1.29 is 80.2 Å². The highest BCUT2D eigenvalue weighted by atomic mass is 31.2. The maximum Gasteiger partial charge on any atom is 0.472 e. The molecule has 0 amide bonds. The molecule has 0 fully saturated rings. The lowest BCUT2D eigenvalue weighted by Crippen LogP contribution is -2.30. The molecule has 0 aliphatic heterocycles. The van der Waals surface area contributed by atoms with E-state index in [1.54, 1.807) is 0 Å². The molecular weight excluding hydrogens is 1260 g/mol. The number of ether oxygens (including phenoxy) is 4. The van der Waals surface area contributed by atoms with Crippen LogP contribution in [0.4, 0.5) is 0 Å². The molecule has 0 spiro atoms. The Balaban J connectivity index is 5.27. The van der Waals surface area contributed by atoms with Gasteiger partial charge in [-0.1, -0.05) is 317 Å². The molecule has 0 saturated heterocycles. The standard InChI is InChI=1S/C77H146O17P2/c1-8-9-10-11-12-13-14-15-18-22-25-28-37-44-51-58-74(79)87-64-72(93-76(81)60-53-46-39-29-26-23-20-17-16-19-21-24-27-34-41-48-55-68(2)3)66-91-95(83,84)89-62-71(78)63-90-96(85,86)92-67-73(94-77(82)61-54-47-40-33-31-36-43-50-57-70(6)7)65-88-75(80)59-52-45-38-32-30-35-42-49-56-69(4)5/h13-15,18,68-73,78H,8-12,16-17,19-67H2,1-7H3,(H,83,84)(H,85,86)/b14-13-,18-15-/t71?,72-,73-/m1/s1. The van der Waals surface area contributed by atoms with E-state index in [-0.39, 0.29) is 25.7 Å². The summed E-state index contributed by atoms with van der Waals surface area (Å²) in [6, 6.07) is 0. The third-order valence-electron chi connectivity index (χ3n) is 17.3. The molecule has 5 atom stereocenters. The Labute approximate surface area is 586 Å². The van der Waals surface area contributed by atoms with E-state index in [4.69, 9.17) is 37.0 Å². The Kier molecular flexibility index (Phi) is 65.3. The van der Waals surface area contributed by atoms with Crippen LogP contribution < -0.4 is 0 Å². The number of hydrogen-bond donors (Lipinski definition) is 3. The maximum atomic E-state index is 13.1. The summed E-state index contributed by atoms with van der Waals surface area (Å²) in [6.45, 7) is 11.8. The molecule has 0 aromatic heterocycles. The molecule has 0 saturated carbocycles. The topological polar surface area (TPSA) is 237 Å². The second-order valence-electron chi connectivity index (χ2n) is 28.5. The van der Waals surface area contributed by atoms with Gasteiger partial charge in [0.1, 0.15) is 19.3 Å². The van der Waals surface area contributed by atoms with Crippen molar-refractivity contribution in [3.63, 3.8) is 0 Å². The fourth-order valence-corrected chi connectivity index (χ4v) is 12.8. The van der Waals surface area contributed by atoms with E-state index in [9.17, 15) is 43.2 Å². The molecule has 0 radical (unpaired) electrons. The summed E-state index contributed by atoms with van der Waals surface area (Å²) < 4.78 is 68.5. The largest absolute Gasteiger partial charge is 0.472 e. The minimum atomic E-state index is -4.97. The molecule has 0 heterocycles. The maximum absolute atomic E-state index is 13.1. The number of allylic oxidation sites excluding steroid dienone is 4. The van der Waals surface area contributed by atoms with E-state index in [2.05, 4.69) is 72.8 Å². The number of aliphatic hydroxyl groups excluding tert-OH is 1. The first-order valence-electron chi connectivity index (χ1n) is 39.2. The van der Waals surface area contributed by atoms with Gasteiger partial charge in [-0.25, -0.2) is 9.13 Å². The summed E-state index contributed by atoms with van der Waals surface area (Å²) in [4.78, 5) is 72.8. The molecule has 0 bridgehead atoms. The Bertz CT molecular complexity index is 1960. The van der Waals surface area contributed by atoms with Crippen LogP contribution in [-0.2, 0) is 65.4 Å². The Hall–Kier alpha value is -2.46. The molecule has 0 aromatic carbocycles. The summed E-state index contributed by atoms with van der Waals surface area (Å²) in [5.74, 6) is 0.0993. The van der Waals surface area contributed by atoms with Crippen LogP contribution in [0.2, 0.25) is 0 Å². The molecule has 0 rings (SSSR count).